The molecule has 0 radical (unpaired) electrons. The van der Waals surface area contributed by atoms with Crippen molar-refractivity contribution in [3.8, 4) is 0 Å². The van der Waals surface area contributed by atoms with Crippen LogP contribution in [0.1, 0.15) is 61.3 Å². The minimum atomic E-state index is 0.376. The molecule has 0 bridgehead atoms. The molecule has 2 N–H and O–H groups in total. The zero-order valence-electron chi connectivity index (χ0n) is 15.5. The summed E-state index contributed by atoms with van der Waals surface area (Å²) in [7, 11) is 0. The third-order valence-corrected chi connectivity index (χ3v) is 5.00. The maximum Gasteiger partial charge on any atom is 0.222 e. The fraction of sp³-hybridized carbons (Fsp3) is 0.579. The van der Waals surface area contributed by atoms with Crippen LogP contribution < -0.4 is 10.6 Å². The molecule has 6 nitrogen and oxygen atoms in total. The first-order chi connectivity index (χ1) is 12.1. The molecule has 0 aromatic carbocycles. The van der Waals surface area contributed by atoms with Gasteiger partial charge in [-0.3, -0.25) is 0 Å². The second kappa shape index (κ2) is 7.76. The second-order valence-corrected chi connectivity index (χ2v) is 6.86. The lowest BCUT2D eigenvalue weighted by molar-refractivity contribution is 0.490. The van der Waals surface area contributed by atoms with E-state index in [2.05, 4.69) is 31.8 Å². The number of rotatable bonds is 5. The molecule has 134 valence electrons. The lowest BCUT2D eigenvalue weighted by atomic mass is 9.93. The summed E-state index contributed by atoms with van der Waals surface area (Å²) in [6, 6.07) is 2.05. The van der Waals surface area contributed by atoms with Gasteiger partial charge in [-0.25, -0.2) is 15.0 Å². The van der Waals surface area contributed by atoms with Gasteiger partial charge in [0.25, 0.3) is 0 Å². The van der Waals surface area contributed by atoms with Gasteiger partial charge < -0.3 is 10.6 Å². The van der Waals surface area contributed by atoms with Crippen LogP contribution in [0.3, 0.4) is 0 Å². The Morgan fingerprint density at radius 3 is 2.60 bits per heavy atom. The topological polar surface area (TPSA) is 80.8 Å². The number of anilines is 2. The molecule has 0 amide bonds. The molecule has 3 rings (SSSR count). The Kier molecular flexibility index (Phi) is 5.46. The van der Waals surface area contributed by atoms with E-state index in [0.29, 0.717) is 11.9 Å². The van der Waals surface area contributed by atoms with Crippen LogP contribution in [0.2, 0.25) is 0 Å². The van der Waals surface area contributed by atoms with Crippen LogP contribution in [-0.2, 0) is 6.42 Å². The summed E-state index contributed by atoms with van der Waals surface area (Å²) in [6.07, 6.45) is 7.35. The summed E-state index contributed by atoms with van der Waals surface area (Å²) >= 11 is 0. The molecule has 6 heteroatoms. The molecule has 25 heavy (non-hydrogen) atoms. The Morgan fingerprint density at radius 1 is 1.16 bits per heavy atom. The van der Waals surface area contributed by atoms with E-state index in [9.17, 15) is 0 Å². The molecular formula is C19H28N6. The molecule has 0 unspecified atom stereocenters. The van der Waals surface area contributed by atoms with Gasteiger partial charge in [-0.05, 0) is 45.6 Å². The summed E-state index contributed by atoms with van der Waals surface area (Å²) < 4.78 is 0. The van der Waals surface area contributed by atoms with Gasteiger partial charge in [-0.1, -0.05) is 13.3 Å². The van der Waals surface area contributed by atoms with E-state index in [-0.39, 0.29) is 0 Å². The molecule has 0 spiro atoms. The molecule has 2 aromatic rings. The van der Waals surface area contributed by atoms with E-state index >= 15 is 0 Å². The highest BCUT2D eigenvalue weighted by molar-refractivity contribution is 5.52. The smallest absolute Gasteiger partial charge is 0.222 e. The Morgan fingerprint density at radius 2 is 1.92 bits per heavy atom. The zero-order chi connectivity index (χ0) is 17.8. The van der Waals surface area contributed by atoms with E-state index in [1.54, 1.807) is 0 Å². The fourth-order valence-corrected chi connectivity index (χ4v) is 3.60. The molecule has 0 atom stereocenters. The van der Waals surface area contributed by atoms with Crippen LogP contribution in [0.25, 0.3) is 0 Å². The summed E-state index contributed by atoms with van der Waals surface area (Å²) in [6.45, 7) is 8.15. The monoisotopic (exact) mass is 340 g/mol. The van der Waals surface area contributed by atoms with Crippen molar-refractivity contribution in [2.24, 2.45) is 0 Å². The van der Waals surface area contributed by atoms with Crippen molar-refractivity contribution in [2.45, 2.75) is 58.8 Å². The highest BCUT2D eigenvalue weighted by Gasteiger charge is 2.25. The molecule has 0 saturated carbocycles. The van der Waals surface area contributed by atoms with Gasteiger partial charge in [0.2, 0.25) is 5.95 Å². The highest BCUT2D eigenvalue weighted by Crippen LogP contribution is 2.31. The number of piperidine rings is 1. The summed E-state index contributed by atoms with van der Waals surface area (Å²) in [5.74, 6) is 2.76. The Labute approximate surface area is 149 Å². The number of nitrogens with two attached hydrogens (primary N) is 1. The number of hydrogen-bond donors (Lipinski definition) is 1. The molecular weight excluding hydrogens is 312 g/mol. The molecule has 0 aliphatic carbocycles. The van der Waals surface area contributed by atoms with E-state index in [1.165, 1.54) is 12.0 Å². The fourth-order valence-electron chi connectivity index (χ4n) is 3.60. The highest BCUT2D eigenvalue weighted by atomic mass is 15.2. The first-order valence-electron chi connectivity index (χ1n) is 9.26. The predicted octanol–water partition coefficient (Wildman–Crippen LogP) is 3.19. The molecule has 2 aromatic heterocycles. The SMILES string of the molecule is CCCCc1c(C)nc(N)nc1N1CCC(c2ccnc(C)n2)CC1. The Bertz CT molecular complexity index is 722. The molecule has 3 heterocycles. The van der Waals surface area contributed by atoms with Crippen molar-refractivity contribution >= 4 is 11.8 Å². The van der Waals surface area contributed by atoms with Crippen molar-refractivity contribution in [3.05, 3.63) is 35.0 Å². The number of unbranched alkanes of at least 4 members (excludes halogenated alkanes) is 1. The van der Waals surface area contributed by atoms with Crippen LogP contribution >= 0.6 is 0 Å². The molecule has 1 aliphatic rings. The van der Waals surface area contributed by atoms with Crippen LogP contribution in [-0.4, -0.2) is 33.0 Å². The van der Waals surface area contributed by atoms with E-state index < -0.39 is 0 Å². The van der Waals surface area contributed by atoms with Crippen molar-refractivity contribution in [2.75, 3.05) is 23.7 Å². The number of aryl methyl sites for hydroxylation is 2. The minimum absolute atomic E-state index is 0.376. The van der Waals surface area contributed by atoms with Crippen molar-refractivity contribution < 1.29 is 0 Å². The number of aromatic nitrogens is 4. The van der Waals surface area contributed by atoms with Gasteiger partial charge in [0.05, 0.1) is 0 Å². The minimum Gasteiger partial charge on any atom is -0.368 e. The normalized spacial score (nSPS) is 15.6. The lowest BCUT2D eigenvalue weighted by Crippen LogP contribution is -2.35. The van der Waals surface area contributed by atoms with Crippen molar-refractivity contribution in [3.63, 3.8) is 0 Å². The average molecular weight is 340 g/mol. The number of nitrogen functional groups attached to an aromatic ring is 1. The van der Waals surface area contributed by atoms with Crippen LogP contribution in [0.5, 0.6) is 0 Å². The summed E-state index contributed by atoms with van der Waals surface area (Å²) in [5.41, 5.74) is 9.37. The summed E-state index contributed by atoms with van der Waals surface area (Å²) in [4.78, 5) is 20.2. The summed E-state index contributed by atoms with van der Waals surface area (Å²) in [5, 5.41) is 0. The van der Waals surface area contributed by atoms with Crippen LogP contribution in [0, 0.1) is 13.8 Å². The number of nitrogens with zero attached hydrogens (tertiary/aromatic N) is 5. The quantitative estimate of drug-likeness (QED) is 0.900. The van der Waals surface area contributed by atoms with Gasteiger partial charge in [0.1, 0.15) is 11.6 Å². The average Bonchev–Trinajstić information content (AvgIpc) is 2.60. The second-order valence-electron chi connectivity index (χ2n) is 6.86. The first kappa shape index (κ1) is 17.6. The standard InChI is InChI=1S/C19H28N6/c1-4-5-6-16-13(2)22-19(20)24-18(16)25-11-8-15(9-12-25)17-7-10-21-14(3)23-17/h7,10,15H,4-6,8-9,11-12H2,1-3H3,(H2,20,22,24). The third kappa shape index (κ3) is 4.06. The lowest BCUT2D eigenvalue weighted by Gasteiger charge is -2.34. The van der Waals surface area contributed by atoms with E-state index in [1.807, 2.05) is 26.1 Å². The predicted molar refractivity (Wildman–Crippen MR) is 101 cm³/mol. The van der Waals surface area contributed by atoms with Crippen LogP contribution in [0.4, 0.5) is 11.8 Å². The molecule has 1 fully saturated rings. The van der Waals surface area contributed by atoms with E-state index in [0.717, 1.165) is 61.8 Å². The third-order valence-electron chi connectivity index (χ3n) is 5.00. The maximum absolute atomic E-state index is 5.93. The molecule has 1 aliphatic heterocycles. The van der Waals surface area contributed by atoms with Crippen molar-refractivity contribution in [1.82, 2.24) is 19.9 Å². The zero-order valence-corrected chi connectivity index (χ0v) is 15.5. The first-order valence-corrected chi connectivity index (χ1v) is 9.26. The number of hydrogen-bond acceptors (Lipinski definition) is 6. The largest absolute Gasteiger partial charge is 0.368 e. The van der Waals surface area contributed by atoms with Crippen LogP contribution in [0.15, 0.2) is 12.3 Å². The van der Waals surface area contributed by atoms with Gasteiger partial charge >= 0.3 is 0 Å². The van der Waals surface area contributed by atoms with E-state index in [4.69, 9.17) is 5.73 Å². The van der Waals surface area contributed by atoms with Gasteiger partial charge in [-0.15, -0.1) is 0 Å². The Balaban J connectivity index is 1.76. The van der Waals surface area contributed by atoms with Gasteiger partial charge in [0.15, 0.2) is 0 Å². The molecule has 1 saturated heterocycles. The van der Waals surface area contributed by atoms with Crippen molar-refractivity contribution in [1.29, 1.82) is 0 Å². The van der Waals surface area contributed by atoms with Gasteiger partial charge in [0, 0.05) is 42.2 Å². The Hall–Kier alpha value is -2.24. The maximum atomic E-state index is 5.93. The van der Waals surface area contributed by atoms with Gasteiger partial charge in [-0.2, -0.15) is 4.98 Å².